The van der Waals surface area contributed by atoms with E-state index in [9.17, 15) is 0 Å². The maximum atomic E-state index is 8.72. The summed E-state index contributed by atoms with van der Waals surface area (Å²) in [5, 5.41) is 10.4. The number of para-hydroxylation sites is 4. The Balaban J connectivity index is 0.000000133. The van der Waals surface area contributed by atoms with E-state index < -0.39 is 60.4 Å². The SMILES string of the molecule is C.[2H]c1c([2H])c([2H])c(-c2nc(-c3ccc4c(c3)oc3ccccc34)nc(-c3ccc4c(c3)oc3ccc(-n5c6ccccc6c6ccccc65)cc34)n2)c([2H])c1[2H].[2H]c1c([2H])c([2H])c(-c2nc(-c3ccc4c(c3)oc3ccccc34)nc(-c3ccc4c(c3)oc3ccc(Cl)cc34)n2)c([2H])c1[2H].c1ccc2c(c1)Cc1ccccc1-2. The Bertz CT molecular complexity index is 7470. The Morgan fingerprint density at radius 2 is 0.606 bits per heavy atom. The molecule has 0 saturated carbocycles. The topological polar surface area (TPSA) is 135 Å². The van der Waals surface area contributed by atoms with Gasteiger partial charge in [-0.2, -0.15) is 0 Å². The molecule has 12 heteroatoms. The van der Waals surface area contributed by atoms with Crippen molar-refractivity contribution in [3.63, 3.8) is 0 Å². The third-order valence-corrected chi connectivity index (χ3v) is 19.2. The molecule has 7 aromatic heterocycles. The molecule has 0 unspecified atom stereocenters. The number of rotatable bonds is 7. The van der Waals surface area contributed by atoms with Gasteiger partial charge in [-0.15, -0.1) is 0 Å². The maximum Gasteiger partial charge on any atom is 0.164 e. The highest BCUT2D eigenvalue weighted by Crippen LogP contribution is 2.41. The van der Waals surface area contributed by atoms with E-state index in [1.807, 2.05) is 133 Å². The van der Waals surface area contributed by atoms with E-state index in [4.69, 9.17) is 62.9 Å². The van der Waals surface area contributed by atoms with Gasteiger partial charge in [-0.3, -0.25) is 0 Å². The van der Waals surface area contributed by atoms with Crippen molar-refractivity contribution in [3.05, 3.63) is 331 Å². The van der Waals surface area contributed by atoms with Gasteiger partial charge in [-0.1, -0.05) is 225 Å². The van der Waals surface area contributed by atoms with Crippen LogP contribution in [0.3, 0.4) is 0 Å². The summed E-state index contributed by atoms with van der Waals surface area (Å²) in [7, 11) is 0. The van der Waals surface area contributed by atoms with Crippen LogP contribution in [0.4, 0.5) is 0 Å². The molecular weight excluding hydrogens is 1300 g/mol. The highest BCUT2D eigenvalue weighted by molar-refractivity contribution is 6.31. The Morgan fingerprint density at radius 1 is 0.279 bits per heavy atom. The summed E-state index contributed by atoms with van der Waals surface area (Å²) in [5.41, 5.74) is 16.5. The molecule has 0 atom stereocenters. The largest absolute Gasteiger partial charge is 0.456 e. The van der Waals surface area contributed by atoms with Crippen LogP contribution < -0.4 is 0 Å². The molecule has 0 N–H and O–H groups in total. The lowest BCUT2D eigenvalue weighted by atomic mass is 10.1. The number of nitrogens with zero attached hydrogens (tertiary/aromatic N) is 7. The van der Waals surface area contributed by atoms with Crippen molar-refractivity contribution in [1.29, 1.82) is 0 Å². The van der Waals surface area contributed by atoms with Crippen molar-refractivity contribution in [2.45, 2.75) is 13.8 Å². The van der Waals surface area contributed by atoms with E-state index in [2.05, 4.69) is 124 Å². The van der Waals surface area contributed by atoms with E-state index >= 15 is 0 Å². The van der Waals surface area contributed by atoms with Crippen molar-refractivity contribution in [2.24, 2.45) is 0 Å². The van der Waals surface area contributed by atoms with Gasteiger partial charge >= 0.3 is 0 Å². The van der Waals surface area contributed by atoms with Gasteiger partial charge in [-0.25, -0.2) is 29.9 Å². The first-order chi connectivity index (χ1) is 55.0. The third-order valence-electron chi connectivity index (χ3n) is 18.9. The van der Waals surface area contributed by atoms with Gasteiger partial charge in [0.15, 0.2) is 34.9 Å². The molecule has 0 aliphatic heterocycles. The lowest BCUT2D eigenvalue weighted by Gasteiger charge is -2.08. The van der Waals surface area contributed by atoms with E-state index in [0.29, 0.717) is 55.2 Å². The fourth-order valence-corrected chi connectivity index (χ4v) is 14.3. The van der Waals surface area contributed by atoms with E-state index in [-0.39, 0.29) is 53.5 Å². The molecule has 1 aliphatic carbocycles. The lowest BCUT2D eigenvalue weighted by molar-refractivity contribution is 0.668. The Morgan fingerprint density at radius 3 is 1.04 bits per heavy atom. The molecular formula is C92H58ClN7O4. The molecule has 0 saturated heterocycles. The van der Waals surface area contributed by atoms with E-state index in [1.165, 1.54) is 33.0 Å². The fourth-order valence-electron chi connectivity index (χ4n) is 14.2. The fraction of sp³-hybridized carbons (Fsp3) is 0.0217. The summed E-state index contributed by atoms with van der Waals surface area (Å²) in [6.45, 7) is 0. The van der Waals surface area contributed by atoms with Crippen LogP contribution >= 0.6 is 11.6 Å². The summed E-state index contributed by atoms with van der Waals surface area (Å²) in [6, 6.07) is 79.3. The molecule has 1 aliphatic rings. The molecule has 0 radical (unpaired) electrons. The first-order valence-electron chi connectivity index (χ1n) is 38.3. The zero-order chi connectivity index (χ0) is 76.8. The van der Waals surface area contributed by atoms with Crippen molar-refractivity contribution in [3.8, 4) is 85.1 Å². The minimum Gasteiger partial charge on any atom is -0.456 e. The molecule has 0 bridgehead atoms. The second kappa shape index (κ2) is 25.2. The van der Waals surface area contributed by atoms with Gasteiger partial charge in [0.2, 0.25) is 0 Å². The minimum absolute atomic E-state index is 0. The number of hydrogen-bond donors (Lipinski definition) is 0. The van der Waals surface area contributed by atoms with Gasteiger partial charge in [-0.05, 0) is 138 Å². The summed E-state index contributed by atoms with van der Waals surface area (Å²) in [5.74, 6) is 0.877. The molecule has 21 aromatic rings. The standard InChI is InChI=1S/C45H26N4O2.C33H18ClN3O2.C13H10.CH4/c1-2-10-27(11-3-1)43-46-44(28-18-21-34-33-14-6-9-17-39(33)50-41(34)24-28)48-45(47-43)29-19-22-35-36-26-30(20-23-40(36)51-42(35)25-29)49-37-15-7-4-12-31(37)32-13-5-8-16-38(32)49;34-22-12-15-28-26(18-22)25-14-11-21(17-30(25)39-28)33-36-31(19-6-2-1-3-7-19)35-32(37-33)20-10-13-24-23-8-4-5-9-27(23)38-29(24)16-20;1-3-7-12-10(5-1)9-11-6-2-4-8-13(11)12;/h1-26H;1-18H;1-8H,9H2;1H4/i1D,2D,3D,10D,11D;1D,2D,3D,6D,7D;;. The summed E-state index contributed by atoms with van der Waals surface area (Å²) < 4.78 is 111. The molecule has 0 fully saturated rings. The summed E-state index contributed by atoms with van der Waals surface area (Å²) in [4.78, 5) is 28.4. The molecule has 22 rings (SSSR count). The number of fused-ring (bicyclic) bond motifs is 18. The first-order valence-corrected chi connectivity index (χ1v) is 33.7. The summed E-state index contributed by atoms with van der Waals surface area (Å²) >= 11 is 6.23. The average molecular weight is 1370 g/mol. The monoisotopic (exact) mass is 1370 g/mol. The smallest absolute Gasteiger partial charge is 0.164 e. The lowest BCUT2D eigenvalue weighted by Crippen LogP contribution is -2.00. The number of hydrogen-bond acceptors (Lipinski definition) is 10. The number of halogens is 1. The van der Waals surface area contributed by atoms with Crippen molar-refractivity contribution in [2.75, 3.05) is 0 Å². The van der Waals surface area contributed by atoms with Gasteiger partial charge in [0.25, 0.3) is 0 Å². The maximum absolute atomic E-state index is 8.72. The molecule has 492 valence electrons. The van der Waals surface area contributed by atoms with E-state index in [0.717, 1.165) is 83.0 Å². The second-order valence-corrected chi connectivity index (χ2v) is 25.5. The van der Waals surface area contributed by atoms with Crippen LogP contribution in [0.1, 0.15) is 32.3 Å². The minimum atomic E-state index is -0.496. The van der Waals surface area contributed by atoms with Crippen LogP contribution in [-0.4, -0.2) is 34.5 Å². The number of benzene rings is 14. The van der Waals surface area contributed by atoms with Crippen LogP contribution in [0.25, 0.3) is 195 Å². The Hall–Kier alpha value is -13.6. The van der Waals surface area contributed by atoms with Gasteiger partial charge in [0.05, 0.1) is 24.7 Å². The van der Waals surface area contributed by atoms with Crippen LogP contribution in [0, 0.1) is 0 Å². The highest BCUT2D eigenvalue weighted by Gasteiger charge is 2.22. The summed E-state index contributed by atoms with van der Waals surface area (Å²) in [6.07, 6.45) is 1.10. The average Bonchev–Trinajstić information content (AvgIpc) is 1.56. The van der Waals surface area contributed by atoms with Crippen LogP contribution in [-0.2, 0) is 6.42 Å². The van der Waals surface area contributed by atoms with E-state index in [1.54, 1.807) is 12.1 Å². The first kappa shape index (κ1) is 51.5. The van der Waals surface area contributed by atoms with Crippen molar-refractivity contribution < 1.29 is 31.4 Å². The molecule has 7 heterocycles. The van der Waals surface area contributed by atoms with Crippen LogP contribution in [0.5, 0.6) is 0 Å². The molecule has 11 nitrogen and oxygen atoms in total. The molecule has 0 amide bonds. The molecule has 0 spiro atoms. The Kier molecular flexibility index (Phi) is 12.5. The zero-order valence-electron chi connectivity index (χ0n) is 64.1. The third kappa shape index (κ3) is 10.8. The van der Waals surface area contributed by atoms with Gasteiger partial charge in [0, 0.05) is 98.0 Å². The zero-order valence-corrected chi connectivity index (χ0v) is 54.9. The van der Waals surface area contributed by atoms with Crippen LogP contribution in [0.15, 0.2) is 333 Å². The normalized spacial score (nSPS) is 13.1. The second-order valence-electron chi connectivity index (χ2n) is 25.0. The van der Waals surface area contributed by atoms with Crippen molar-refractivity contribution in [1.82, 2.24) is 34.5 Å². The quantitative estimate of drug-likeness (QED) is 0.152. The highest BCUT2D eigenvalue weighted by atomic mass is 35.5. The molecule has 14 aromatic carbocycles. The predicted molar refractivity (Wildman–Crippen MR) is 422 cm³/mol. The van der Waals surface area contributed by atoms with Gasteiger partial charge in [0.1, 0.15) is 44.7 Å². The number of aromatic nitrogens is 7. The molecule has 104 heavy (non-hydrogen) atoms. The Labute approximate surface area is 614 Å². The predicted octanol–water partition coefficient (Wildman–Crippen LogP) is 25.0. The van der Waals surface area contributed by atoms with Gasteiger partial charge < -0.3 is 22.2 Å². The van der Waals surface area contributed by atoms with Crippen molar-refractivity contribution >= 4 is 121 Å². The number of furan rings is 4. The van der Waals surface area contributed by atoms with Crippen LogP contribution in [0.2, 0.25) is 5.02 Å².